The van der Waals surface area contributed by atoms with Gasteiger partial charge < -0.3 is 20.3 Å². The largest absolute Gasteiger partial charge is 0.478 e. The van der Waals surface area contributed by atoms with Crippen molar-refractivity contribution in [3.63, 3.8) is 0 Å². The van der Waals surface area contributed by atoms with Crippen LogP contribution in [0.3, 0.4) is 0 Å². The first-order chi connectivity index (χ1) is 19.8. The number of fused-ring (bicyclic) bond motifs is 1. The molecule has 5 rings (SSSR count). The fourth-order valence-electron chi connectivity index (χ4n) is 5.68. The zero-order valence-corrected chi connectivity index (χ0v) is 23.6. The molecular weight excluding hydrogens is 518 g/mol. The van der Waals surface area contributed by atoms with Crippen LogP contribution in [0.15, 0.2) is 66.9 Å². The molecule has 2 amide bonds. The molecule has 0 saturated heterocycles. The molecule has 9 heteroatoms. The lowest BCUT2D eigenvalue weighted by atomic mass is 9.75. The van der Waals surface area contributed by atoms with Crippen molar-refractivity contribution in [3.05, 3.63) is 83.7 Å². The van der Waals surface area contributed by atoms with Crippen molar-refractivity contribution < 1.29 is 19.5 Å². The van der Waals surface area contributed by atoms with E-state index in [9.17, 15) is 14.4 Å². The molecule has 1 fully saturated rings. The molecule has 0 spiro atoms. The minimum atomic E-state index is -1.03. The Morgan fingerprint density at radius 2 is 1.73 bits per heavy atom. The average Bonchev–Trinajstić information content (AvgIpc) is 3.51. The lowest BCUT2D eigenvalue weighted by Gasteiger charge is -2.40. The third kappa shape index (κ3) is 5.27. The van der Waals surface area contributed by atoms with Crippen LogP contribution in [0.25, 0.3) is 23.0 Å². The van der Waals surface area contributed by atoms with Gasteiger partial charge in [0.15, 0.2) is 0 Å². The number of amides is 2. The number of imidazole rings is 1. The lowest BCUT2D eigenvalue weighted by Crippen LogP contribution is -2.61. The molecule has 1 saturated carbocycles. The fraction of sp³-hybridized carbons (Fsp3) is 0.312. The third-order valence-electron chi connectivity index (χ3n) is 8.11. The lowest BCUT2D eigenvalue weighted by molar-refractivity contribution is -0.131. The Kier molecular flexibility index (Phi) is 7.79. The molecule has 0 bridgehead atoms. The standard InChI is InChI=1S/C32H35N5O4/c1-4-22(5-2)28-27(23-10-7-6-8-11-23)36(3)30-25(20-33-37(28)30)29(40)35-32(18-9-19-32)31(41)34-24-15-12-21(13-16-24)14-17-26(38)39/h6-8,10-17,20,22H,4-5,9,18-19H2,1-3H3,(H,34,41)(H,35,40)(H,38,39)/b17-14+. The quantitative estimate of drug-likeness (QED) is 0.220. The number of aromatic nitrogens is 3. The Morgan fingerprint density at radius 3 is 2.32 bits per heavy atom. The second kappa shape index (κ2) is 11.4. The van der Waals surface area contributed by atoms with Crippen LogP contribution in [0.5, 0.6) is 0 Å². The van der Waals surface area contributed by atoms with Gasteiger partial charge in [-0.15, -0.1) is 0 Å². The van der Waals surface area contributed by atoms with Gasteiger partial charge in [0, 0.05) is 30.3 Å². The Bertz CT molecular complexity index is 1610. The molecule has 0 aliphatic heterocycles. The summed E-state index contributed by atoms with van der Waals surface area (Å²) in [6.07, 6.45) is 7.93. The zero-order valence-electron chi connectivity index (χ0n) is 23.6. The van der Waals surface area contributed by atoms with Gasteiger partial charge in [0.1, 0.15) is 16.7 Å². The van der Waals surface area contributed by atoms with E-state index in [0.29, 0.717) is 35.3 Å². The minimum absolute atomic E-state index is 0.263. The average molecular weight is 554 g/mol. The van der Waals surface area contributed by atoms with Crippen molar-refractivity contribution in [2.75, 3.05) is 5.32 Å². The fourth-order valence-corrected chi connectivity index (χ4v) is 5.68. The maximum atomic E-state index is 13.8. The molecule has 2 aromatic carbocycles. The minimum Gasteiger partial charge on any atom is -0.478 e. The molecule has 2 aromatic heterocycles. The normalized spacial score (nSPS) is 14.3. The van der Waals surface area contributed by atoms with E-state index in [-0.39, 0.29) is 17.7 Å². The van der Waals surface area contributed by atoms with Crippen LogP contribution in [0, 0.1) is 0 Å². The first-order valence-electron chi connectivity index (χ1n) is 14.0. The summed E-state index contributed by atoms with van der Waals surface area (Å²) >= 11 is 0. The summed E-state index contributed by atoms with van der Waals surface area (Å²) in [4.78, 5) is 37.9. The highest BCUT2D eigenvalue weighted by Crippen LogP contribution is 2.37. The summed E-state index contributed by atoms with van der Waals surface area (Å²) in [5, 5.41) is 19.5. The molecule has 1 aliphatic rings. The number of carbonyl (C=O) groups excluding carboxylic acids is 2. The molecule has 41 heavy (non-hydrogen) atoms. The molecular formula is C32H35N5O4. The van der Waals surface area contributed by atoms with Crippen molar-refractivity contribution in [1.82, 2.24) is 19.5 Å². The Morgan fingerprint density at radius 1 is 1.05 bits per heavy atom. The maximum absolute atomic E-state index is 13.8. The maximum Gasteiger partial charge on any atom is 0.328 e. The molecule has 0 unspecified atom stereocenters. The number of hydrogen-bond acceptors (Lipinski definition) is 4. The SMILES string of the molecule is CCC(CC)c1c(-c2ccccc2)n(C)c2c(C(=O)NC3(C(=O)Nc4ccc(/C=C/C(=O)O)cc4)CCC3)cnn12. The highest BCUT2D eigenvalue weighted by atomic mass is 16.4. The second-order valence-corrected chi connectivity index (χ2v) is 10.6. The molecule has 2 heterocycles. The van der Waals surface area contributed by atoms with E-state index < -0.39 is 11.5 Å². The predicted octanol–water partition coefficient (Wildman–Crippen LogP) is 5.63. The Labute approximate surface area is 238 Å². The number of benzene rings is 2. The van der Waals surface area contributed by atoms with Gasteiger partial charge in [0.2, 0.25) is 5.91 Å². The van der Waals surface area contributed by atoms with Crippen molar-refractivity contribution in [2.45, 2.75) is 57.4 Å². The van der Waals surface area contributed by atoms with Gasteiger partial charge in [0.05, 0.1) is 17.6 Å². The summed E-state index contributed by atoms with van der Waals surface area (Å²) in [6.45, 7) is 4.33. The summed E-state index contributed by atoms with van der Waals surface area (Å²) in [5.41, 5.74) is 4.56. The molecule has 3 N–H and O–H groups in total. The van der Waals surface area contributed by atoms with Crippen LogP contribution >= 0.6 is 0 Å². The van der Waals surface area contributed by atoms with Gasteiger partial charge >= 0.3 is 5.97 Å². The number of hydrogen-bond donors (Lipinski definition) is 3. The summed E-state index contributed by atoms with van der Waals surface area (Å²) in [5.74, 6) is -1.37. The summed E-state index contributed by atoms with van der Waals surface area (Å²) < 4.78 is 3.93. The molecule has 0 atom stereocenters. The number of nitrogens with zero attached hydrogens (tertiary/aromatic N) is 3. The first kappa shape index (κ1) is 27.9. The molecule has 9 nitrogen and oxygen atoms in total. The third-order valence-corrected chi connectivity index (χ3v) is 8.11. The number of nitrogens with one attached hydrogen (secondary N) is 2. The van der Waals surface area contributed by atoms with Gasteiger partial charge in [-0.05, 0) is 55.9 Å². The van der Waals surface area contributed by atoms with Crippen molar-refractivity contribution in [3.8, 4) is 11.3 Å². The number of carboxylic acid groups (broad SMARTS) is 1. The Balaban J connectivity index is 1.43. The number of anilines is 1. The van der Waals surface area contributed by atoms with Crippen LogP contribution in [0.4, 0.5) is 5.69 Å². The van der Waals surface area contributed by atoms with E-state index in [1.807, 2.05) is 34.3 Å². The number of rotatable bonds is 10. The van der Waals surface area contributed by atoms with E-state index in [1.165, 1.54) is 6.08 Å². The predicted molar refractivity (Wildman–Crippen MR) is 159 cm³/mol. The highest BCUT2D eigenvalue weighted by Gasteiger charge is 2.46. The monoisotopic (exact) mass is 553 g/mol. The highest BCUT2D eigenvalue weighted by molar-refractivity contribution is 6.06. The van der Waals surface area contributed by atoms with Gasteiger partial charge in [-0.25, -0.2) is 9.31 Å². The van der Waals surface area contributed by atoms with E-state index in [2.05, 4.69) is 41.7 Å². The summed E-state index contributed by atoms with van der Waals surface area (Å²) in [6, 6.07) is 17.0. The van der Waals surface area contributed by atoms with Gasteiger partial charge in [-0.1, -0.05) is 56.3 Å². The molecule has 212 valence electrons. The van der Waals surface area contributed by atoms with Crippen LogP contribution in [0.2, 0.25) is 0 Å². The Hall–Kier alpha value is -4.66. The number of aryl methyl sites for hydroxylation is 1. The smallest absolute Gasteiger partial charge is 0.328 e. The van der Waals surface area contributed by atoms with Crippen LogP contribution in [0.1, 0.15) is 73.5 Å². The molecule has 4 aromatic rings. The van der Waals surface area contributed by atoms with E-state index >= 15 is 0 Å². The van der Waals surface area contributed by atoms with E-state index in [1.54, 1.807) is 30.5 Å². The first-order valence-corrected chi connectivity index (χ1v) is 14.0. The summed E-state index contributed by atoms with van der Waals surface area (Å²) in [7, 11) is 1.96. The van der Waals surface area contributed by atoms with Crippen LogP contribution in [-0.4, -0.2) is 42.6 Å². The number of aliphatic carboxylic acids is 1. The van der Waals surface area contributed by atoms with Crippen molar-refractivity contribution >= 4 is 35.2 Å². The van der Waals surface area contributed by atoms with E-state index in [0.717, 1.165) is 42.3 Å². The zero-order chi connectivity index (χ0) is 29.1. The topological polar surface area (TPSA) is 118 Å². The van der Waals surface area contributed by atoms with Crippen molar-refractivity contribution in [1.29, 1.82) is 0 Å². The van der Waals surface area contributed by atoms with Crippen LogP contribution < -0.4 is 10.6 Å². The van der Waals surface area contributed by atoms with Gasteiger partial charge in [0.25, 0.3) is 5.91 Å². The number of carbonyl (C=O) groups is 3. The van der Waals surface area contributed by atoms with Crippen LogP contribution in [-0.2, 0) is 16.6 Å². The second-order valence-electron chi connectivity index (χ2n) is 10.6. The van der Waals surface area contributed by atoms with Crippen molar-refractivity contribution in [2.24, 2.45) is 7.05 Å². The molecule has 1 aliphatic carbocycles. The van der Waals surface area contributed by atoms with Gasteiger partial charge in [-0.2, -0.15) is 5.10 Å². The van der Waals surface area contributed by atoms with Gasteiger partial charge in [-0.3, -0.25) is 9.59 Å². The molecule has 0 radical (unpaired) electrons. The number of carboxylic acids is 1. The van der Waals surface area contributed by atoms with E-state index in [4.69, 9.17) is 5.11 Å².